The fourth-order valence-electron chi connectivity index (χ4n) is 1.85. The topological polar surface area (TPSA) is 37.8 Å². The molecule has 0 fully saturated rings. The quantitative estimate of drug-likeness (QED) is 0.918. The standard InChI is InChI=1S/C13H14Cl2N2O/c1-3-10-7-13(18)17(16-10)8(2)9-4-5-11(14)12(15)6-9/h4-8,16H,3H2,1-2H3. The zero-order valence-corrected chi connectivity index (χ0v) is 11.7. The second-order valence-corrected chi connectivity index (χ2v) is 5.01. The van der Waals surface area contributed by atoms with E-state index in [0.717, 1.165) is 17.7 Å². The van der Waals surface area contributed by atoms with Crippen LogP contribution in [0.2, 0.25) is 10.0 Å². The maximum atomic E-state index is 11.8. The minimum Gasteiger partial charge on any atom is -0.299 e. The van der Waals surface area contributed by atoms with Crippen LogP contribution in [0.4, 0.5) is 0 Å². The Morgan fingerprint density at radius 2 is 2.00 bits per heavy atom. The van der Waals surface area contributed by atoms with E-state index in [1.807, 2.05) is 19.9 Å². The van der Waals surface area contributed by atoms with Gasteiger partial charge in [-0.25, -0.2) is 4.68 Å². The van der Waals surface area contributed by atoms with Crippen LogP contribution in [0.15, 0.2) is 29.1 Å². The van der Waals surface area contributed by atoms with Crippen molar-refractivity contribution in [3.05, 3.63) is 55.9 Å². The summed E-state index contributed by atoms with van der Waals surface area (Å²) in [6, 6.07) is 6.91. The molecule has 5 heteroatoms. The van der Waals surface area contributed by atoms with Gasteiger partial charge in [-0.1, -0.05) is 36.2 Å². The van der Waals surface area contributed by atoms with Crippen LogP contribution < -0.4 is 5.56 Å². The van der Waals surface area contributed by atoms with Gasteiger partial charge < -0.3 is 0 Å². The van der Waals surface area contributed by atoms with Gasteiger partial charge in [-0.15, -0.1) is 0 Å². The summed E-state index contributed by atoms with van der Waals surface area (Å²) in [6.07, 6.45) is 0.802. The molecule has 18 heavy (non-hydrogen) atoms. The smallest absolute Gasteiger partial charge is 0.267 e. The molecule has 0 saturated heterocycles. The number of aromatic amines is 1. The number of aromatic nitrogens is 2. The Balaban J connectivity index is 2.40. The first kappa shape index (κ1) is 13.2. The lowest BCUT2D eigenvalue weighted by Gasteiger charge is -2.13. The summed E-state index contributed by atoms with van der Waals surface area (Å²) in [4.78, 5) is 11.8. The van der Waals surface area contributed by atoms with Gasteiger partial charge in [-0.05, 0) is 31.0 Å². The van der Waals surface area contributed by atoms with Crippen molar-refractivity contribution in [1.29, 1.82) is 0 Å². The van der Waals surface area contributed by atoms with E-state index in [4.69, 9.17) is 23.2 Å². The second kappa shape index (κ2) is 5.21. The van der Waals surface area contributed by atoms with Crippen molar-refractivity contribution < 1.29 is 0 Å². The summed E-state index contributed by atoms with van der Waals surface area (Å²) >= 11 is 11.9. The Hall–Kier alpha value is -1.19. The van der Waals surface area contributed by atoms with E-state index >= 15 is 0 Å². The minimum atomic E-state index is -0.104. The van der Waals surface area contributed by atoms with E-state index < -0.39 is 0 Å². The molecule has 1 N–H and O–H groups in total. The number of H-pyrrole nitrogens is 1. The molecule has 0 radical (unpaired) electrons. The van der Waals surface area contributed by atoms with Crippen molar-refractivity contribution in [2.45, 2.75) is 26.3 Å². The van der Waals surface area contributed by atoms with Gasteiger partial charge in [0.15, 0.2) is 0 Å². The van der Waals surface area contributed by atoms with Crippen LogP contribution in [-0.2, 0) is 6.42 Å². The number of nitrogens with one attached hydrogen (secondary N) is 1. The fraction of sp³-hybridized carbons (Fsp3) is 0.308. The summed E-state index contributed by atoms with van der Waals surface area (Å²) < 4.78 is 1.60. The zero-order chi connectivity index (χ0) is 13.3. The third kappa shape index (κ3) is 2.47. The molecular weight excluding hydrogens is 271 g/mol. The van der Waals surface area contributed by atoms with Crippen molar-refractivity contribution in [2.24, 2.45) is 0 Å². The highest BCUT2D eigenvalue weighted by atomic mass is 35.5. The molecule has 0 amide bonds. The molecule has 0 saturated carbocycles. The SMILES string of the molecule is CCc1cc(=O)n(C(C)c2ccc(Cl)c(Cl)c2)[nH]1. The van der Waals surface area contributed by atoms with Gasteiger partial charge in [0.05, 0.1) is 16.1 Å². The number of halogens is 2. The van der Waals surface area contributed by atoms with Gasteiger partial charge in [0.2, 0.25) is 0 Å². The van der Waals surface area contributed by atoms with E-state index in [9.17, 15) is 4.79 Å². The average Bonchev–Trinajstić information content (AvgIpc) is 2.73. The number of hydrogen-bond acceptors (Lipinski definition) is 1. The fourth-order valence-corrected chi connectivity index (χ4v) is 2.16. The summed E-state index contributed by atoms with van der Waals surface area (Å²) in [7, 11) is 0. The summed E-state index contributed by atoms with van der Waals surface area (Å²) in [6.45, 7) is 3.94. The van der Waals surface area contributed by atoms with Gasteiger partial charge in [-0.3, -0.25) is 9.89 Å². The monoisotopic (exact) mass is 284 g/mol. The van der Waals surface area contributed by atoms with E-state index in [2.05, 4.69) is 5.10 Å². The number of benzene rings is 1. The van der Waals surface area contributed by atoms with Crippen LogP contribution in [-0.4, -0.2) is 9.78 Å². The van der Waals surface area contributed by atoms with Crippen LogP contribution in [0, 0.1) is 0 Å². The molecule has 1 atom stereocenters. The summed E-state index contributed by atoms with van der Waals surface area (Å²) in [5.74, 6) is 0. The Morgan fingerprint density at radius 3 is 2.56 bits per heavy atom. The van der Waals surface area contributed by atoms with Gasteiger partial charge in [0, 0.05) is 11.8 Å². The van der Waals surface area contributed by atoms with Crippen molar-refractivity contribution >= 4 is 23.2 Å². The summed E-state index contributed by atoms with van der Waals surface area (Å²) in [5, 5.41) is 4.10. The molecule has 2 rings (SSSR count). The Labute approximate surface area is 115 Å². The van der Waals surface area contributed by atoms with Gasteiger partial charge in [-0.2, -0.15) is 0 Å². The van der Waals surface area contributed by atoms with E-state index in [1.54, 1.807) is 22.9 Å². The molecule has 2 aromatic rings. The molecule has 0 bridgehead atoms. The third-order valence-corrected chi connectivity index (χ3v) is 3.73. The molecule has 96 valence electrons. The van der Waals surface area contributed by atoms with Crippen molar-refractivity contribution in [1.82, 2.24) is 9.78 Å². The van der Waals surface area contributed by atoms with Crippen LogP contribution >= 0.6 is 23.2 Å². The number of hydrogen-bond donors (Lipinski definition) is 1. The maximum Gasteiger partial charge on any atom is 0.267 e. The van der Waals surface area contributed by atoms with E-state index in [1.165, 1.54) is 0 Å². The first-order valence-electron chi connectivity index (χ1n) is 5.78. The number of rotatable bonds is 3. The van der Waals surface area contributed by atoms with Crippen LogP contribution in [0.25, 0.3) is 0 Å². The molecule has 3 nitrogen and oxygen atoms in total. The summed E-state index contributed by atoms with van der Waals surface area (Å²) in [5.41, 5.74) is 1.83. The highest BCUT2D eigenvalue weighted by Crippen LogP contribution is 2.26. The molecule has 0 aliphatic heterocycles. The maximum absolute atomic E-state index is 11.8. The van der Waals surface area contributed by atoms with Gasteiger partial charge in [0.25, 0.3) is 5.56 Å². The largest absolute Gasteiger partial charge is 0.299 e. The lowest BCUT2D eigenvalue weighted by Crippen LogP contribution is -2.20. The molecule has 1 heterocycles. The lowest BCUT2D eigenvalue weighted by atomic mass is 10.1. The Bertz CT molecular complexity index is 616. The molecule has 1 unspecified atom stereocenters. The van der Waals surface area contributed by atoms with Crippen LogP contribution in [0.3, 0.4) is 0 Å². The van der Waals surface area contributed by atoms with E-state index in [-0.39, 0.29) is 11.6 Å². The molecule has 1 aromatic heterocycles. The normalized spacial score (nSPS) is 12.7. The minimum absolute atomic E-state index is 0.0366. The zero-order valence-electron chi connectivity index (χ0n) is 10.2. The van der Waals surface area contributed by atoms with Crippen LogP contribution in [0.1, 0.15) is 31.1 Å². The van der Waals surface area contributed by atoms with Gasteiger partial charge >= 0.3 is 0 Å². The first-order valence-corrected chi connectivity index (χ1v) is 6.54. The average molecular weight is 285 g/mol. The Kier molecular flexibility index (Phi) is 3.83. The Morgan fingerprint density at radius 1 is 1.28 bits per heavy atom. The van der Waals surface area contributed by atoms with Crippen molar-refractivity contribution in [3.8, 4) is 0 Å². The van der Waals surface area contributed by atoms with Crippen LogP contribution in [0.5, 0.6) is 0 Å². The number of nitrogens with zero attached hydrogens (tertiary/aromatic N) is 1. The lowest BCUT2D eigenvalue weighted by molar-refractivity contribution is 0.542. The third-order valence-electron chi connectivity index (χ3n) is 2.99. The second-order valence-electron chi connectivity index (χ2n) is 4.19. The molecule has 1 aromatic carbocycles. The molecule has 0 aliphatic carbocycles. The van der Waals surface area contributed by atoms with Crippen molar-refractivity contribution in [2.75, 3.05) is 0 Å². The predicted molar refractivity (Wildman–Crippen MR) is 74.7 cm³/mol. The highest BCUT2D eigenvalue weighted by molar-refractivity contribution is 6.42. The van der Waals surface area contributed by atoms with Gasteiger partial charge in [0.1, 0.15) is 0 Å². The highest BCUT2D eigenvalue weighted by Gasteiger charge is 2.13. The molecule has 0 spiro atoms. The van der Waals surface area contributed by atoms with Crippen molar-refractivity contribution in [3.63, 3.8) is 0 Å². The predicted octanol–water partition coefficient (Wildman–Crippen LogP) is 3.65. The first-order chi connectivity index (χ1) is 8.52. The molecule has 0 aliphatic rings. The number of aryl methyl sites for hydroxylation is 1. The van der Waals surface area contributed by atoms with E-state index in [0.29, 0.717) is 10.0 Å². The molecular formula is C13H14Cl2N2O.